The molecule has 1 aliphatic rings. The van der Waals surface area contributed by atoms with Crippen molar-refractivity contribution < 1.29 is 4.79 Å². The van der Waals surface area contributed by atoms with Gasteiger partial charge >= 0.3 is 6.03 Å². The third kappa shape index (κ3) is 2.24. The number of fused-ring (bicyclic) bond motifs is 2. The summed E-state index contributed by atoms with van der Waals surface area (Å²) in [7, 11) is 0. The maximum atomic E-state index is 13.3. The molecule has 7 nitrogen and oxygen atoms in total. The third-order valence-electron chi connectivity index (χ3n) is 4.91. The number of nitriles is 1. The molecule has 1 atom stereocenters. The number of hydrogen-bond acceptors (Lipinski definition) is 4. The highest BCUT2D eigenvalue weighted by molar-refractivity contribution is 6.14. The van der Waals surface area contributed by atoms with E-state index in [2.05, 4.69) is 21.3 Å². The zero-order chi connectivity index (χ0) is 18.4. The summed E-state index contributed by atoms with van der Waals surface area (Å²) in [6.07, 6.45) is 5.11. The third-order valence-corrected chi connectivity index (χ3v) is 4.91. The van der Waals surface area contributed by atoms with Crippen LogP contribution in [0.15, 0.2) is 61.1 Å². The van der Waals surface area contributed by atoms with Crippen LogP contribution in [-0.2, 0) is 0 Å². The summed E-state index contributed by atoms with van der Waals surface area (Å²) in [6.45, 7) is 0.274. The van der Waals surface area contributed by atoms with Crippen LogP contribution in [0.5, 0.6) is 0 Å². The van der Waals surface area contributed by atoms with Crippen molar-refractivity contribution in [2.75, 3.05) is 16.3 Å². The smallest absolute Gasteiger partial charge is 0.289 e. The van der Waals surface area contributed by atoms with Gasteiger partial charge in [-0.05, 0) is 6.07 Å². The molecular formula is C20H14N6O. The molecule has 2 amide bonds. The molecule has 27 heavy (non-hydrogen) atoms. The summed E-state index contributed by atoms with van der Waals surface area (Å²) >= 11 is 0. The number of carbonyl (C=O) groups is 1. The Morgan fingerprint density at radius 3 is 2.78 bits per heavy atom. The number of benzene rings is 2. The van der Waals surface area contributed by atoms with E-state index in [1.807, 2.05) is 42.5 Å². The van der Waals surface area contributed by atoms with Gasteiger partial charge < -0.3 is 0 Å². The highest BCUT2D eigenvalue weighted by Crippen LogP contribution is 2.35. The van der Waals surface area contributed by atoms with Crippen molar-refractivity contribution in [1.82, 2.24) is 15.2 Å². The fraction of sp³-hybridized carbons (Fsp3) is 0.100. The van der Waals surface area contributed by atoms with E-state index in [1.54, 1.807) is 23.5 Å². The topological polar surface area (TPSA) is 88.9 Å². The molecule has 0 spiro atoms. The van der Waals surface area contributed by atoms with Crippen molar-refractivity contribution in [3.05, 3.63) is 61.1 Å². The molecule has 1 fully saturated rings. The minimum Gasteiger partial charge on any atom is -0.289 e. The number of urea groups is 1. The molecular weight excluding hydrogens is 340 g/mol. The number of nitrogens with one attached hydrogen (secondary N) is 1. The summed E-state index contributed by atoms with van der Waals surface area (Å²) in [5.41, 5.74) is 2.13. The first-order valence-electron chi connectivity index (χ1n) is 8.53. The van der Waals surface area contributed by atoms with Gasteiger partial charge in [0.25, 0.3) is 0 Å². The minimum atomic E-state index is -0.608. The van der Waals surface area contributed by atoms with Gasteiger partial charge in [0, 0.05) is 22.4 Å². The van der Waals surface area contributed by atoms with Crippen molar-refractivity contribution >= 4 is 39.1 Å². The van der Waals surface area contributed by atoms with Gasteiger partial charge in [-0.1, -0.05) is 36.4 Å². The van der Waals surface area contributed by atoms with Crippen molar-refractivity contribution in [3.8, 4) is 6.07 Å². The van der Waals surface area contributed by atoms with E-state index in [4.69, 9.17) is 0 Å². The summed E-state index contributed by atoms with van der Waals surface area (Å²) in [5.74, 6) is 0. The number of carbonyl (C=O) groups excluding carboxylic acids is 1. The van der Waals surface area contributed by atoms with Crippen LogP contribution in [-0.4, -0.2) is 33.8 Å². The molecule has 1 saturated heterocycles. The Kier molecular flexibility index (Phi) is 3.30. The SMILES string of the molecule is N#CC1CN(c2cccc3cn[nH]c23)C(=O)N1c1cncc2ccccc12. The molecule has 4 aromatic rings. The number of aromatic nitrogens is 3. The van der Waals surface area contributed by atoms with Gasteiger partial charge in [-0.3, -0.25) is 19.9 Å². The van der Waals surface area contributed by atoms with Crippen LogP contribution in [0.3, 0.4) is 0 Å². The number of amides is 2. The van der Waals surface area contributed by atoms with E-state index in [-0.39, 0.29) is 12.6 Å². The second-order valence-electron chi connectivity index (χ2n) is 6.40. The van der Waals surface area contributed by atoms with Crippen LogP contribution in [0.1, 0.15) is 0 Å². The van der Waals surface area contributed by atoms with Crippen LogP contribution >= 0.6 is 0 Å². The number of aromatic amines is 1. The standard InChI is InChI=1S/C20H14N6O/c21-8-15-12-25(17-7-3-5-14-10-23-24-19(14)17)20(27)26(15)18-11-22-9-13-4-1-2-6-16(13)18/h1-7,9-11,15H,12H2,(H,23,24). The zero-order valence-electron chi connectivity index (χ0n) is 14.2. The number of pyridine rings is 1. The summed E-state index contributed by atoms with van der Waals surface area (Å²) in [5, 5.41) is 19.5. The highest BCUT2D eigenvalue weighted by Gasteiger charge is 2.40. The van der Waals surface area contributed by atoms with Gasteiger partial charge in [-0.15, -0.1) is 0 Å². The second-order valence-corrected chi connectivity index (χ2v) is 6.40. The van der Waals surface area contributed by atoms with Crippen LogP contribution < -0.4 is 9.80 Å². The van der Waals surface area contributed by atoms with Crippen LogP contribution in [0.4, 0.5) is 16.2 Å². The molecule has 0 aliphatic carbocycles. The number of rotatable bonds is 2. The summed E-state index contributed by atoms with van der Waals surface area (Å²) in [6, 6.07) is 14.8. The Balaban J connectivity index is 1.65. The van der Waals surface area contributed by atoms with Gasteiger partial charge in [0.15, 0.2) is 0 Å². The normalized spacial score (nSPS) is 17.0. The number of H-pyrrole nitrogens is 1. The molecule has 0 radical (unpaired) electrons. The van der Waals surface area contributed by atoms with Gasteiger partial charge in [0.1, 0.15) is 6.04 Å². The fourth-order valence-corrected chi connectivity index (χ4v) is 3.64. The number of nitrogens with zero attached hydrogens (tertiary/aromatic N) is 5. The van der Waals surface area contributed by atoms with Crippen molar-refractivity contribution in [2.45, 2.75) is 6.04 Å². The average Bonchev–Trinajstić information content (AvgIpc) is 3.31. The zero-order valence-corrected chi connectivity index (χ0v) is 14.2. The molecule has 5 rings (SSSR count). The van der Waals surface area contributed by atoms with Crippen LogP contribution in [0.2, 0.25) is 0 Å². The Bertz CT molecular complexity index is 1220. The first-order valence-corrected chi connectivity index (χ1v) is 8.53. The summed E-state index contributed by atoms with van der Waals surface area (Å²) in [4.78, 5) is 20.7. The number of anilines is 2. The predicted molar refractivity (Wildman–Crippen MR) is 102 cm³/mol. The summed E-state index contributed by atoms with van der Waals surface area (Å²) < 4.78 is 0. The molecule has 0 bridgehead atoms. The van der Waals surface area contributed by atoms with E-state index in [1.165, 1.54) is 4.90 Å². The van der Waals surface area contributed by atoms with Gasteiger partial charge in [-0.25, -0.2) is 4.79 Å². The highest BCUT2D eigenvalue weighted by atomic mass is 16.2. The lowest BCUT2D eigenvalue weighted by Gasteiger charge is -2.21. The van der Waals surface area contributed by atoms with Crippen molar-refractivity contribution in [1.29, 1.82) is 5.26 Å². The van der Waals surface area contributed by atoms with E-state index < -0.39 is 6.04 Å². The van der Waals surface area contributed by atoms with Gasteiger partial charge in [0.2, 0.25) is 0 Å². The average molecular weight is 354 g/mol. The lowest BCUT2D eigenvalue weighted by Crippen LogP contribution is -2.34. The van der Waals surface area contributed by atoms with Crippen LogP contribution in [0.25, 0.3) is 21.7 Å². The molecule has 2 aromatic carbocycles. The molecule has 130 valence electrons. The molecule has 1 unspecified atom stereocenters. The molecule has 1 aliphatic heterocycles. The van der Waals surface area contributed by atoms with Gasteiger partial charge in [0.05, 0.1) is 41.9 Å². The lowest BCUT2D eigenvalue weighted by molar-refractivity contribution is 0.255. The van der Waals surface area contributed by atoms with Crippen LogP contribution in [0, 0.1) is 11.3 Å². The number of para-hydroxylation sites is 1. The Labute approximate surface area is 154 Å². The van der Waals surface area contributed by atoms with E-state index >= 15 is 0 Å². The maximum Gasteiger partial charge on any atom is 0.330 e. The second kappa shape index (κ2) is 5.81. The van der Waals surface area contributed by atoms with Crippen molar-refractivity contribution in [2.24, 2.45) is 0 Å². The Morgan fingerprint density at radius 1 is 1.04 bits per heavy atom. The Hall–Kier alpha value is -3.92. The van der Waals surface area contributed by atoms with Gasteiger partial charge in [-0.2, -0.15) is 10.4 Å². The van der Waals surface area contributed by atoms with E-state index in [0.29, 0.717) is 11.4 Å². The van der Waals surface area contributed by atoms with E-state index in [0.717, 1.165) is 21.7 Å². The first kappa shape index (κ1) is 15.3. The molecule has 7 heteroatoms. The first-order chi connectivity index (χ1) is 13.3. The quantitative estimate of drug-likeness (QED) is 0.597. The lowest BCUT2D eigenvalue weighted by atomic mass is 10.1. The Morgan fingerprint density at radius 2 is 1.89 bits per heavy atom. The fourth-order valence-electron chi connectivity index (χ4n) is 3.64. The predicted octanol–water partition coefficient (Wildman–Crippen LogP) is 3.45. The largest absolute Gasteiger partial charge is 0.330 e. The molecule has 0 saturated carbocycles. The molecule has 1 N–H and O–H groups in total. The molecule has 3 heterocycles. The minimum absolute atomic E-state index is 0.248. The molecule has 2 aromatic heterocycles. The monoisotopic (exact) mass is 354 g/mol. The van der Waals surface area contributed by atoms with Crippen molar-refractivity contribution in [3.63, 3.8) is 0 Å². The van der Waals surface area contributed by atoms with E-state index in [9.17, 15) is 10.1 Å². The number of hydrogen-bond donors (Lipinski definition) is 1. The maximum absolute atomic E-state index is 13.3.